The first-order valence-corrected chi connectivity index (χ1v) is 10.6. The van der Waals surface area contributed by atoms with Crippen LogP contribution in [0.15, 0.2) is 41.3 Å². The van der Waals surface area contributed by atoms with Crippen LogP contribution in [0.1, 0.15) is 52.0 Å². The van der Waals surface area contributed by atoms with Crippen LogP contribution in [0.4, 0.5) is 0 Å². The van der Waals surface area contributed by atoms with E-state index < -0.39 is 15.9 Å². The first kappa shape index (κ1) is 20.1. The third-order valence-corrected chi connectivity index (χ3v) is 7.02. The minimum absolute atomic E-state index is 0.000434. The Morgan fingerprint density at radius 3 is 2.39 bits per heavy atom. The van der Waals surface area contributed by atoms with E-state index in [1.165, 1.54) is 17.7 Å². The normalized spacial score (nSPS) is 16.0. The Morgan fingerprint density at radius 2 is 1.71 bits per heavy atom. The second-order valence-electron chi connectivity index (χ2n) is 7.21. The summed E-state index contributed by atoms with van der Waals surface area (Å²) < 4.78 is 25.9. The van der Waals surface area contributed by atoms with Crippen molar-refractivity contribution in [2.45, 2.75) is 45.1 Å². The van der Waals surface area contributed by atoms with Crippen molar-refractivity contribution in [1.29, 1.82) is 0 Å². The number of fused-ring (bicyclic) bond motifs is 1. The zero-order valence-corrected chi connectivity index (χ0v) is 17.3. The highest BCUT2D eigenvalue weighted by atomic mass is 32.2. The molecule has 0 saturated heterocycles. The molecule has 7 heteroatoms. The summed E-state index contributed by atoms with van der Waals surface area (Å²) in [6.45, 7) is 7.77. The van der Waals surface area contributed by atoms with Crippen LogP contribution < -0.4 is 5.32 Å². The van der Waals surface area contributed by atoms with Gasteiger partial charge in [0.2, 0.25) is 5.91 Å². The van der Waals surface area contributed by atoms with Gasteiger partial charge in [-0.2, -0.15) is 0 Å². The average molecular weight is 401 g/mol. The fraction of sp³-hybridized carbons (Fsp3) is 0.333. The fourth-order valence-electron chi connectivity index (χ4n) is 3.50. The highest BCUT2D eigenvalue weighted by Gasteiger charge is 2.40. The summed E-state index contributed by atoms with van der Waals surface area (Å²) in [5.74, 6) is -0.884. The standard InChI is InChI=1S/C21H24N2O4S/c1-13-11-15(3)18(12-14(13)2)16(4)22-20(24)9-10-23-21(25)17-7-5-6-8-19(17)28(23,26)27/h5-8,11-12,16H,9-10H2,1-4H3,(H,22,24)/t16-/m1/s1. The van der Waals surface area contributed by atoms with Gasteiger partial charge >= 0.3 is 0 Å². The Hall–Kier alpha value is -2.67. The first-order valence-electron chi connectivity index (χ1n) is 9.16. The van der Waals surface area contributed by atoms with Gasteiger partial charge in [0.15, 0.2) is 0 Å². The highest BCUT2D eigenvalue weighted by Crippen LogP contribution is 2.30. The zero-order chi connectivity index (χ0) is 20.6. The molecular formula is C21H24N2O4S. The van der Waals surface area contributed by atoms with Gasteiger partial charge in [0, 0.05) is 13.0 Å². The van der Waals surface area contributed by atoms with Gasteiger partial charge in [-0.25, -0.2) is 12.7 Å². The van der Waals surface area contributed by atoms with Crippen molar-refractivity contribution >= 4 is 21.8 Å². The van der Waals surface area contributed by atoms with Gasteiger partial charge < -0.3 is 5.32 Å². The molecule has 148 valence electrons. The summed E-state index contributed by atoms with van der Waals surface area (Å²) in [5, 5.41) is 2.90. The van der Waals surface area contributed by atoms with E-state index in [9.17, 15) is 18.0 Å². The molecule has 2 amide bonds. The first-order chi connectivity index (χ1) is 13.1. The highest BCUT2D eigenvalue weighted by molar-refractivity contribution is 7.90. The fourth-order valence-corrected chi connectivity index (χ4v) is 5.07. The second-order valence-corrected chi connectivity index (χ2v) is 9.04. The molecule has 1 atom stereocenters. The van der Waals surface area contributed by atoms with E-state index >= 15 is 0 Å². The predicted octanol–water partition coefficient (Wildman–Crippen LogP) is 3.02. The molecule has 2 aromatic rings. The molecule has 0 fully saturated rings. The van der Waals surface area contributed by atoms with Crippen LogP contribution in [0.25, 0.3) is 0 Å². The number of aryl methyl sites for hydroxylation is 3. The van der Waals surface area contributed by atoms with E-state index in [0.717, 1.165) is 21.0 Å². The van der Waals surface area contributed by atoms with Crippen LogP contribution in [0, 0.1) is 20.8 Å². The molecular weight excluding hydrogens is 376 g/mol. The summed E-state index contributed by atoms with van der Waals surface area (Å²) in [5.41, 5.74) is 4.60. The second kappa shape index (κ2) is 7.39. The van der Waals surface area contributed by atoms with Crippen LogP contribution >= 0.6 is 0 Å². The molecule has 2 aromatic carbocycles. The Labute approximate surface area is 165 Å². The Bertz CT molecular complexity index is 1060. The Balaban J connectivity index is 1.67. The lowest BCUT2D eigenvalue weighted by atomic mass is 9.96. The SMILES string of the molecule is Cc1cc(C)c([C@@H](C)NC(=O)CCN2C(=O)c3ccccc3S2(=O)=O)cc1C. The number of carbonyl (C=O) groups excluding carboxylic acids is 2. The van der Waals surface area contributed by atoms with Crippen LogP contribution in [0.5, 0.6) is 0 Å². The molecule has 3 rings (SSSR count). The van der Waals surface area contributed by atoms with Gasteiger partial charge in [0.05, 0.1) is 11.6 Å². The molecule has 6 nitrogen and oxygen atoms in total. The van der Waals surface area contributed by atoms with Crippen LogP contribution in [0.2, 0.25) is 0 Å². The monoisotopic (exact) mass is 400 g/mol. The molecule has 0 saturated carbocycles. The van der Waals surface area contributed by atoms with E-state index in [-0.39, 0.29) is 35.4 Å². The van der Waals surface area contributed by atoms with E-state index in [1.807, 2.05) is 27.7 Å². The summed E-state index contributed by atoms with van der Waals surface area (Å²) in [7, 11) is -3.89. The molecule has 1 N–H and O–H groups in total. The zero-order valence-electron chi connectivity index (χ0n) is 16.4. The maximum absolute atomic E-state index is 12.5. The van der Waals surface area contributed by atoms with E-state index in [0.29, 0.717) is 0 Å². The molecule has 1 heterocycles. The molecule has 0 unspecified atom stereocenters. The molecule has 1 aliphatic rings. The number of sulfonamides is 1. The maximum atomic E-state index is 12.5. The molecule has 1 aliphatic heterocycles. The van der Waals surface area contributed by atoms with Crippen molar-refractivity contribution in [3.05, 3.63) is 64.2 Å². The van der Waals surface area contributed by atoms with Crippen LogP contribution in [-0.2, 0) is 14.8 Å². The predicted molar refractivity (Wildman–Crippen MR) is 106 cm³/mol. The molecule has 0 bridgehead atoms. The number of nitrogens with one attached hydrogen (secondary N) is 1. The van der Waals surface area contributed by atoms with Crippen molar-refractivity contribution < 1.29 is 18.0 Å². The lowest BCUT2D eigenvalue weighted by Gasteiger charge is -2.20. The number of hydrogen-bond acceptors (Lipinski definition) is 4. The van der Waals surface area contributed by atoms with Gasteiger partial charge in [0.25, 0.3) is 15.9 Å². The number of nitrogens with zero attached hydrogens (tertiary/aromatic N) is 1. The molecule has 0 aromatic heterocycles. The minimum Gasteiger partial charge on any atom is -0.350 e. The Morgan fingerprint density at radius 1 is 1.07 bits per heavy atom. The third-order valence-electron chi connectivity index (χ3n) is 5.18. The van der Waals surface area contributed by atoms with Gasteiger partial charge in [-0.15, -0.1) is 0 Å². The molecule has 0 radical (unpaired) electrons. The number of hydrogen-bond donors (Lipinski definition) is 1. The summed E-state index contributed by atoms with van der Waals surface area (Å²) >= 11 is 0. The lowest BCUT2D eigenvalue weighted by molar-refractivity contribution is -0.121. The van der Waals surface area contributed by atoms with Crippen molar-refractivity contribution in [3.8, 4) is 0 Å². The van der Waals surface area contributed by atoms with Crippen molar-refractivity contribution in [2.75, 3.05) is 6.54 Å². The van der Waals surface area contributed by atoms with Crippen molar-refractivity contribution in [2.24, 2.45) is 0 Å². The number of carbonyl (C=O) groups is 2. The average Bonchev–Trinajstić information content (AvgIpc) is 2.83. The van der Waals surface area contributed by atoms with Gasteiger partial charge in [0.1, 0.15) is 4.90 Å². The molecule has 28 heavy (non-hydrogen) atoms. The quantitative estimate of drug-likeness (QED) is 0.836. The number of rotatable bonds is 5. The third kappa shape index (κ3) is 3.54. The lowest BCUT2D eigenvalue weighted by Crippen LogP contribution is -2.35. The maximum Gasteiger partial charge on any atom is 0.269 e. The minimum atomic E-state index is -3.89. The summed E-state index contributed by atoms with van der Waals surface area (Å²) in [6.07, 6.45) is -0.0901. The van der Waals surface area contributed by atoms with Gasteiger partial charge in [-0.3, -0.25) is 9.59 Å². The molecule has 0 aliphatic carbocycles. The number of amides is 2. The largest absolute Gasteiger partial charge is 0.350 e. The van der Waals surface area contributed by atoms with Crippen molar-refractivity contribution in [3.63, 3.8) is 0 Å². The van der Waals surface area contributed by atoms with E-state index in [1.54, 1.807) is 12.1 Å². The topological polar surface area (TPSA) is 83.6 Å². The summed E-state index contributed by atoms with van der Waals surface area (Å²) in [4.78, 5) is 24.8. The van der Waals surface area contributed by atoms with E-state index in [2.05, 4.69) is 17.4 Å². The van der Waals surface area contributed by atoms with Gasteiger partial charge in [-0.05, 0) is 62.1 Å². The summed E-state index contributed by atoms with van der Waals surface area (Å²) in [6, 6.07) is 10.0. The smallest absolute Gasteiger partial charge is 0.269 e. The number of benzene rings is 2. The van der Waals surface area contributed by atoms with Crippen LogP contribution in [0.3, 0.4) is 0 Å². The van der Waals surface area contributed by atoms with E-state index in [4.69, 9.17) is 0 Å². The van der Waals surface area contributed by atoms with Crippen LogP contribution in [-0.4, -0.2) is 31.1 Å². The molecule has 0 spiro atoms. The van der Waals surface area contributed by atoms with Crippen molar-refractivity contribution in [1.82, 2.24) is 9.62 Å². The van der Waals surface area contributed by atoms with Gasteiger partial charge in [-0.1, -0.05) is 24.3 Å². The Kier molecular flexibility index (Phi) is 5.30.